The van der Waals surface area contributed by atoms with Crippen LogP contribution in [0.25, 0.3) is 0 Å². The molecule has 1 heterocycles. The van der Waals surface area contributed by atoms with E-state index >= 15 is 0 Å². The monoisotopic (exact) mass is 487 g/mol. The third-order valence-corrected chi connectivity index (χ3v) is 5.26. The van der Waals surface area contributed by atoms with Crippen LogP contribution in [-0.4, -0.2) is 75.7 Å². The van der Waals surface area contributed by atoms with Crippen molar-refractivity contribution in [2.75, 3.05) is 59.9 Å². The number of guanidine groups is 1. The molecule has 1 fully saturated rings. The summed E-state index contributed by atoms with van der Waals surface area (Å²) in [4.78, 5) is 9.36. The van der Waals surface area contributed by atoms with Crippen molar-refractivity contribution in [1.82, 2.24) is 20.4 Å². The van der Waals surface area contributed by atoms with Gasteiger partial charge >= 0.3 is 0 Å². The van der Waals surface area contributed by atoms with Gasteiger partial charge < -0.3 is 20.4 Å². The van der Waals surface area contributed by atoms with Gasteiger partial charge in [0.05, 0.1) is 0 Å². The lowest BCUT2D eigenvalue weighted by atomic mass is 9.85. The molecule has 0 spiro atoms. The summed E-state index contributed by atoms with van der Waals surface area (Å²) in [5.41, 5.74) is 1.40. The molecule has 2 N–H and O–H groups in total. The van der Waals surface area contributed by atoms with E-state index in [-0.39, 0.29) is 29.4 Å². The SMILES string of the molecule is CN=C(NCC(C)CN1CCN(C)CC1)NCC(C)(C)c1ccccc1.I. The molecule has 1 atom stereocenters. The molecule has 0 aliphatic carbocycles. The molecule has 1 unspecified atom stereocenters. The van der Waals surface area contributed by atoms with E-state index in [2.05, 4.69) is 83.6 Å². The van der Waals surface area contributed by atoms with Gasteiger partial charge in [-0.2, -0.15) is 0 Å². The summed E-state index contributed by atoms with van der Waals surface area (Å²) in [6.45, 7) is 14.5. The molecule has 154 valence electrons. The van der Waals surface area contributed by atoms with Gasteiger partial charge in [0.15, 0.2) is 5.96 Å². The first-order valence-corrected chi connectivity index (χ1v) is 9.81. The van der Waals surface area contributed by atoms with E-state index in [0.29, 0.717) is 5.92 Å². The molecule has 0 radical (unpaired) electrons. The maximum atomic E-state index is 4.39. The minimum atomic E-state index is 0. The molecular weight excluding hydrogens is 449 g/mol. The first kappa shape index (κ1) is 24.2. The van der Waals surface area contributed by atoms with Crippen molar-refractivity contribution in [3.63, 3.8) is 0 Å². The van der Waals surface area contributed by atoms with Crippen LogP contribution >= 0.6 is 24.0 Å². The number of nitrogens with zero attached hydrogens (tertiary/aromatic N) is 3. The maximum Gasteiger partial charge on any atom is 0.191 e. The minimum Gasteiger partial charge on any atom is -0.356 e. The van der Waals surface area contributed by atoms with E-state index in [0.717, 1.165) is 25.6 Å². The molecular formula is C21H38IN5. The molecule has 6 heteroatoms. The van der Waals surface area contributed by atoms with E-state index in [1.807, 2.05) is 7.05 Å². The highest BCUT2D eigenvalue weighted by Gasteiger charge is 2.21. The number of halogens is 1. The van der Waals surface area contributed by atoms with Crippen molar-refractivity contribution in [1.29, 1.82) is 0 Å². The number of benzene rings is 1. The average molecular weight is 487 g/mol. The van der Waals surface area contributed by atoms with Crippen LogP contribution < -0.4 is 10.6 Å². The molecule has 0 bridgehead atoms. The summed E-state index contributed by atoms with van der Waals surface area (Å²) in [5.74, 6) is 1.48. The highest BCUT2D eigenvalue weighted by molar-refractivity contribution is 14.0. The summed E-state index contributed by atoms with van der Waals surface area (Å²) >= 11 is 0. The second-order valence-electron chi connectivity index (χ2n) is 8.27. The number of aliphatic imine (C=N–C) groups is 1. The van der Waals surface area contributed by atoms with Crippen LogP contribution in [0.5, 0.6) is 0 Å². The van der Waals surface area contributed by atoms with Crippen molar-refractivity contribution < 1.29 is 0 Å². The second kappa shape index (κ2) is 11.9. The summed E-state index contributed by atoms with van der Waals surface area (Å²) in [5, 5.41) is 6.98. The Bertz CT molecular complexity index is 553. The standard InChI is InChI=1S/C21H37N5.HI/c1-18(16-26-13-11-25(5)12-14-26)15-23-20(22-4)24-17-21(2,3)19-9-7-6-8-10-19;/h6-10,18H,11-17H2,1-5H3,(H2,22,23,24);1H. The van der Waals surface area contributed by atoms with Crippen molar-refractivity contribution in [3.05, 3.63) is 35.9 Å². The van der Waals surface area contributed by atoms with Crippen LogP contribution in [-0.2, 0) is 5.41 Å². The van der Waals surface area contributed by atoms with Crippen molar-refractivity contribution in [2.45, 2.75) is 26.2 Å². The van der Waals surface area contributed by atoms with Crippen molar-refractivity contribution in [2.24, 2.45) is 10.9 Å². The second-order valence-corrected chi connectivity index (χ2v) is 8.27. The molecule has 27 heavy (non-hydrogen) atoms. The van der Waals surface area contributed by atoms with Crippen molar-refractivity contribution >= 4 is 29.9 Å². The van der Waals surface area contributed by atoms with Crippen LogP contribution in [0.3, 0.4) is 0 Å². The van der Waals surface area contributed by atoms with Crippen LogP contribution in [0.4, 0.5) is 0 Å². The Kier molecular flexibility index (Phi) is 10.6. The van der Waals surface area contributed by atoms with Crippen LogP contribution in [0.15, 0.2) is 35.3 Å². The van der Waals surface area contributed by atoms with Gasteiger partial charge in [0.2, 0.25) is 0 Å². The summed E-state index contributed by atoms with van der Waals surface area (Å²) in [6.07, 6.45) is 0. The molecule has 5 nitrogen and oxygen atoms in total. The van der Waals surface area contributed by atoms with E-state index < -0.39 is 0 Å². The number of rotatable bonds is 7. The summed E-state index contributed by atoms with van der Waals surface area (Å²) in [7, 11) is 4.05. The van der Waals surface area contributed by atoms with E-state index in [4.69, 9.17) is 0 Å². The predicted molar refractivity (Wildman–Crippen MR) is 127 cm³/mol. The van der Waals surface area contributed by atoms with Gasteiger partial charge in [-0.15, -0.1) is 24.0 Å². The van der Waals surface area contributed by atoms with Gasteiger partial charge in [-0.3, -0.25) is 4.99 Å². The summed E-state index contributed by atoms with van der Waals surface area (Å²) < 4.78 is 0. The highest BCUT2D eigenvalue weighted by atomic mass is 127. The Hall–Kier alpha value is -0.860. The van der Waals surface area contributed by atoms with E-state index in [1.54, 1.807) is 0 Å². The zero-order valence-electron chi connectivity index (χ0n) is 17.7. The van der Waals surface area contributed by atoms with Crippen molar-refractivity contribution in [3.8, 4) is 0 Å². The lowest BCUT2D eigenvalue weighted by Crippen LogP contribution is -2.48. The zero-order valence-corrected chi connectivity index (χ0v) is 20.0. The quantitative estimate of drug-likeness (QED) is 0.353. The van der Waals surface area contributed by atoms with Gasteiger partial charge in [-0.1, -0.05) is 51.1 Å². The van der Waals surface area contributed by atoms with Gasteiger partial charge in [-0.25, -0.2) is 0 Å². The topological polar surface area (TPSA) is 42.9 Å². The lowest BCUT2D eigenvalue weighted by molar-refractivity contribution is 0.139. The first-order valence-electron chi connectivity index (χ1n) is 9.81. The van der Waals surface area contributed by atoms with Gasteiger partial charge in [0.25, 0.3) is 0 Å². The van der Waals surface area contributed by atoms with Crippen LogP contribution in [0.2, 0.25) is 0 Å². The molecule has 2 rings (SSSR count). The Morgan fingerprint density at radius 1 is 1.11 bits per heavy atom. The van der Waals surface area contributed by atoms with Crippen LogP contribution in [0, 0.1) is 5.92 Å². The number of hydrogen-bond donors (Lipinski definition) is 2. The van der Waals surface area contributed by atoms with E-state index in [1.165, 1.54) is 31.7 Å². The maximum absolute atomic E-state index is 4.39. The Morgan fingerprint density at radius 3 is 2.33 bits per heavy atom. The highest BCUT2D eigenvalue weighted by Crippen LogP contribution is 2.21. The number of nitrogens with one attached hydrogen (secondary N) is 2. The van der Waals surface area contributed by atoms with Gasteiger partial charge in [-0.05, 0) is 18.5 Å². The zero-order chi connectivity index (χ0) is 19.0. The fourth-order valence-electron chi connectivity index (χ4n) is 3.32. The molecule has 0 amide bonds. The fraction of sp³-hybridized carbons (Fsp3) is 0.667. The molecule has 0 saturated carbocycles. The van der Waals surface area contributed by atoms with Gasteiger partial charge in [0, 0.05) is 58.3 Å². The normalized spacial score (nSPS) is 17.9. The Morgan fingerprint density at radius 2 is 1.74 bits per heavy atom. The molecule has 1 aromatic rings. The third-order valence-electron chi connectivity index (χ3n) is 5.26. The Balaban J connectivity index is 0.00000364. The fourth-order valence-corrected chi connectivity index (χ4v) is 3.32. The summed E-state index contributed by atoms with van der Waals surface area (Å²) in [6, 6.07) is 10.6. The number of piperazine rings is 1. The lowest BCUT2D eigenvalue weighted by Gasteiger charge is -2.34. The molecule has 1 aromatic carbocycles. The number of hydrogen-bond acceptors (Lipinski definition) is 3. The van der Waals surface area contributed by atoms with Crippen LogP contribution in [0.1, 0.15) is 26.3 Å². The molecule has 1 aliphatic heterocycles. The Labute approximate surface area is 183 Å². The molecule has 1 saturated heterocycles. The minimum absolute atomic E-state index is 0. The smallest absolute Gasteiger partial charge is 0.191 e. The van der Waals surface area contributed by atoms with Gasteiger partial charge in [0.1, 0.15) is 0 Å². The first-order chi connectivity index (χ1) is 12.4. The molecule has 1 aliphatic rings. The molecule has 0 aromatic heterocycles. The largest absolute Gasteiger partial charge is 0.356 e. The number of likely N-dealkylation sites (N-methyl/N-ethyl adjacent to an activating group) is 1. The average Bonchev–Trinajstić information content (AvgIpc) is 2.64. The third kappa shape index (κ3) is 8.35. The predicted octanol–water partition coefficient (Wildman–Crippen LogP) is 2.63. The van der Waals surface area contributed by atoms with E-state index in [9.17, 15) is 0 Å².